The second kappa shape index (κ2) is 8.77. The molecule has 1 aliphatic heterocycles. The summed E-state index contributed by atoms with van der Waals surface area (Å²) < 4.78 is 7.08. The van der Waals surface area contributed by atoms with Gasteiger partial charge in [-0.3, -0.25) is 14.3 Å². The summed E-state index contributed by atoms with van der Waals surface area (Å²) in [7, 11) is 0. The van der Waals surface area contributed by atoms with Crippen LogP contribution in [0.4, 0.5) is 0 Å². The Bertz CT molecular complexity index is 1300. The van der Waals surface area contributed by atoms with E-state index in [1.807, 2.05) is 12.1 Å². The summed E-state index contributed by atoms with van der Waals surface area (Å²) in [6.45, 7) is 2.24. The van der Waals surface area contributed by atoms with E-state index in [9.17, 15) is 9.59 Å². The zero-order chi connectivity index (χ0) is 22.1. The zero-order valence-corrected chi connectivity index (χ0v) is 18.3. The molecule has 32 heavy (non-hydrogen) atoms. The molecular weight excluding hydrogens is 424 g/mol. The molecule has 1 aromatic heterocycles. The van der Waals surface area contributed by atoms with Crippen molar-refractivity contribution in [3.63, 3.8) is 0 Å². The summed E-state index contributed by atoms with van der Waals surface area (Å²) in [5.74, 6) is -0.0901. The summed E-state index contributed by atoms with van der Waals surface area (Å²) in [6.07, 6.45) is 2.09. The highest BCUT2D eigenvalue weighted by atomic mass is 35.5. The maximum atomic E-state index is 12.8. The number of nitrogens with zero attached hydrogens (tertiary/aromatic N) is 2. The van der Waals surface area contributed by atoms with Crippen molar-refractivity contribution in [2.75, 3.05) is 13.1 Å². The first kappa shape index (κ1) is 20.7. The molecule has 0 amide bonds. The third kappa shape index (κ3) is 4.01. The molecule has 6 heteroatoms. The van der Waals surface area contributed by atoms with Gasteiger partial charge < -0.3 is 4.42 Å². The van der Waals surface area contributed by atoms with Crippen LogP contribution in [0.15, 0.2) is 82.0 Å². The van der Waals surface area contributed by atoms with E-state index in [1.165, 1.54) is 5.56 Å². The Kier molecular flexibility index (Phi) is 5.68. The van der Waals surface area contributed by atoms with Crippen LogP contribution in [0.25, 0.3) is 11.1 Å². The topological polar surface area (TPSA) is 55.5 Å². The molecule has 1 aliphatic rings. The molecule has 5 nitrogen and oxygen atoms in total. The third-order valence-electron chi connectivity index (χ3n) is 6.24. The maximum Gasteiger partial charge on any atom is 0.421 e. The first-order valence-electron chi connectivity index (χ1n) is 10.8. The summed E-state index contributed by atoms with van der Waals surface area (Å²) in [6, 6.07) is 22.7. The van der Waals surface area contributed by atoms with Gasteiger partial charge in [0.2, 0.25) is 0 Å². The van der Waals surface area contributed by atoms with Crippen LogP contribution in [0.3, 0.4) is 0 Å². The van der Waals surface area contributed by atoms with Crippen LogP contribution in [-0.4, -0.2) is 28.3 Å². The van der Waals surface area contributed by atoms with E-state index in [1.54, 1.807) is 41.0 Å². The van der Waals surface area contributed by atoms with Crippen molar-refractivity contribution in [1.82, 2.24) is 9.47 Å². The van der Waals surface area contributed by atoms with Gasteiger partial charge in [-0.1, -0.05) is 72.3 Å². The number of carbonyl (C=O) groups is 1. The highest BCUT2D eigenvalue weighted by molar-refractivity contribution is 6.35. The molecule has 0 spiro atoms. The zero-order valence-electron chi connectivity index (χ0n) is 17.5. The largest absolute Gasteiger partial charge is 0.421 e. The van der Waals surface area contributed by atoms with Crippen LogP contribution < -0.4 is 5.76 Å². The molecule has 0 saturated carbocycles. The Morgan fingerprint density at radius 2 is 1.62 bits per heavy atom. The van der Waals surface area contributed by atoms with Crippen LogP contribution >= 0.6 is 11.6 Å². The Balaban J connectivity index is 1.36. The average Bonchev–Trinajstić information content (AvgIpc) is 3.13. The Morgan fingerprint density at radius 3 is 2.31 bits per heavy atom. The third-order valence-corrected chi connectivity index (χ3v) is 6.55. The number of aromatic nitrogens is 1. The fourth-order valence-corrected chi connectivity index (χ4v) is 4.71. The van der Waals surface area contributed by atoms with Crippen molar-refractivity contribution in [2.45, 2.75) is 25.4 Å². The Hall–Kier alpha value is -3.15. The van der Waals surface area contributed by atoms with Crippen LogP contribution in [0.1, 0.15) is 40.2 Å². The number of hydrogen-bond acceptors (Lipinski definition) is 4. The van der Waals surface area contributed by atoms with Gasteiger partial charge >= 0.3 is 5.76 Å². The number of fused-ring (bicyclic) bond motifs is 1. The highest BCUT2D eigenvalue weighted by Crippen LogP contribution is 2.29. The van der Waals surface area contributed by atoms with Crippen LogP contribution in [0, 0.1) is 0 Å². The lowest BCUT2D eigenvalue weighted by atomic mass is 9.90. The first-order chi connectivity index (χ1) is 15.6. The van der Waals surface area contributed by atoms with Gasteiger partial charge in [0.1, 0.15) is 0 Å². The van der Waals surface area contributed by atoms with Crippen LogP contribution in [-0.2, 0) is 6.67 Å². The number of rotatable bonds is 5. The van der Waals surface area contributed by atoms with E-state index >= 15 is 0 Å². The predicted molar refractivity (Wildman–Crippen MR) is 125 cm³/mol. The first-order valence-corrected chi connectivity index (χ1v) is 11.2. The minimum absolute atomic E-state index is 0.198. The SMILES string of the molecule is O=C(c1ccccc1)c1cc2oc(=O)n(CN3CCC(c4ccccc4)CC3)c2cc1Cl. The molecule has 0 radical (unpaired) electrons. The fourth-order valence-electron chi connectivity index (χ4n) is 4.47. The number of ketones is 1. The minimum Gasteiger partial charge on any atom is -0.408 e. The summed E-state index contributed by atoms with van der Waals surface area (Å²) in [4.78, 5) is 27.7. The van der Waals surface area contributed by atoms with E-state index < -0.39 is 5.76 Å². The molecular formula is C26H23ClN2O3. The van der Waals surface area contributed by atoms with Crippen molar-refractivity contribution >= 4 is 28.5 Å². The Labute approximate surface area is 190 Å². The van der Waals surface area contributed by atoms with Gasteiger partial charge in [0.05, 0.1) is 17.2 Å². The molecule has 0 aliphatic carbocycles. The molecule has 3 aromatic carbocycles. The number of oxazole rings is 1. The van der Waals surface area contributed by atoms with Crippen molar-refractivity contribution in [1.29, 1.82) is 0 Å². The lowest BCUT2D eigenvalue weighted by Gasteiger charge is -2.32. The van der Waals surface area contributed by atoms with E-state index in [0.29, 0.717) is 39.8 Å². The molecule has 162 valence electrons. The minimum atomic E-state index is -0.439. The normalized spacial score (nSPS) is 15.3. The van der Waals surface area contributed by atoms with Gasteiger partial charge in [-0.25, -0.2) is 4.79 Å². The summed E-state index contributed by atoms with van der Waals surface area (Å²) in [5, 5.41) is 0.309. The van der Waals surface area contributed by atoms with Gasteiger partial charge in [0.15, 0.2) is 11.4 Å². The number of carbonyl (C=O) groups excluding carboxylic acids is 1. The van der Waals surface area contributed by atoms with Crippen LogP contribution in [0.5, 0.6) is 0 Å². The maximum absolute atomic E-state index is 12.8. The lowest BCUT2D eigenvalue weighted by Crippen LogP contribution is -2.36. The molecule has 1 fully saturated rings. The predicted octanol–water partition coefficient (Wildman–Crippen LogP) is 5.32. The van der Waals surface area contributed by atoms with Crippen molar-refractivity contribution < 1.29 is 9.21 Å². The molecule has 0 unspecified atom stereocenters. The quantitative estimate of drug-likeness (QED) is 0.389. The van der Waals surface area contributed by atoms with Gasteiger partial charge in [-0.05, 0) is 36.5 Å². The van der Waals surface area contributed by atoms with Crippen molar-refractivity contribution in [3.05, 3.63) is 105 Å². The average molecular weight is 447 g/mol. The summed E-state index contributed by atoms with van der Waals surface area (Å²) >= 11 is 6.47. The highest BCUT2D eigenvalue weighted by Gasteiger charge is 2.23. The van der Waals surface area contributed by atoms with E-state index in [4.69, 9.17) is 16.0 Å². The van der Waals surface area contributed by atoms with E-state index in [-0.39, 0.29) is 5.78 Å². The second-order valence-corrected chi connectivity index (χ2v) is 8.64. The van der Waals surface area contributed by atoms with E-state index in [0.717, 1.165) is 25.9 Å². The van der Waals surface area contributed by atoms with Crippen molar-refractivity contribution in [2.24, 2.45) is 0 Å². The number of hydrogen-bond donors (Lipinski definition) is 0. The smallest absolute Gasteiger partial charge is 0.408 e. The van der Waals surface area contributed by atoms with Crippen molar-refractivity contribution in [3.8, 4) is 0 Å². The molecule has 0 bridgehead atoms. The molecule has 5 rings (SSSR count). The lowest BCUT2D eigenvalue weighted by molar-refractivity contribution is 0.103. The number of piperidine rings is 1. The molecule has 1 saturated heterocycles. The number of likely N-dealkylation sites (tertiary alicyclic amines) is 1. The number of benzene rings is 3. The van der Waals surface area contributed by atoms with Gasteiger partial charge in [-0.15, -0.1) is 0 Å². The standard InChI is InChI=1S/C26H23ClN2O3/c27-22-16-23-24(15-21(22)25(30)20-9-5-2-6-10-20)32-26(31)29(23)17-28-13-11-19(12-14-28)18-7-3-1-4-8-18/h1-10,15-16,19H,11-14,17H2. The Morgan fingerprint density at radius 1 is 0.969 bits per heavy atom. The van der Waals surface area contributed by atoms with Crippen LogP contribution in [0.2, 0.25) is 5.02 Å². The summed E-state index contributed by atoms with van der Waals surface area (Å²) in [5.41, 5.74) is 3.22. The molecule has 2 heterocycles. The number of halogens is 1. The fraction of sp³-hybridized carbons (Fsp3) is 0.231. The van der Waals surface area contributed by atoms with Gasteiger partial charge in [0, 0.05) is 24.2 Å². The van der Waals surface area contributed by atoms with E-state index in [2.05, 4.69) is 29.2 Å². The molecule has 0 atom stereocenters. The van der Waals surface area contributed by atoms with Gasteiger partial charge in [0.25, 0.3) is 0 Å². The molecule has 0 N–H and O–H groups in total. The van der Waals surface area contributed by atoms with Gasteiger partial charge in [-0.2, -0.15) is 0 Å². The second-order valence-electron chi connectivity index (χ2n) is 8.24. The molecule has 4 aromatic rings. The monoisotopic (exact) mass is 446 g/mol.